The third kappa shape index (κ3) is 142. The molecular weight excluding hydrogens is 1910 g/mol. The summed E-state index contributed by atoms with van der Waals surface area (Å²) in [7, 11) is 0. The maximum absolute atomic E-state index is 8.26. The fraction of sp³-hybridized carbons (Fsp3) is 0.981. The van der Waals surface area contributed by atoms with Crippen molar-refractivity contribution in [1.29, 1.82) is 0 Å². The van der Waals surface area contributed by atoms with E-state index in [0.717, 1.165) is 122 Å². The Morgan fingerprint density at radius 2 is 0.152 bits per heavy atom. The van der Waals surface area contributed by atoms with E-state index in [1.807, 2.05) is 0 Å². The van der Waals surface area contributed by atoms with Crippen LogP contribution in [-0.4, -0.2) is 540 Å². The molecule has 0 rings (SSSR count). The first-order valence-corrected chi connectivity index (χ1v) is 54.4. The van der Waals surface area contributed by atoms with E-state index in [2.05, 4.69) is 11.5 Å². The van der Waals surface area contributed by atoms with Gasteiger partial charge < -0.3 is 189 Å². The zero-order valence-electron chi connectivity index (χ0n) is 89.9. The Labute approximate surface area is 872 Å². The molecule has 0 aromatic heterocycles. The molecule has 42 heteroatoms. The molecule has 0 aliphatic heterocycles. The van der Waals surface area contributed by atoms with Crippen LogP contribution in [0.5, 0.6) is 0 Å². The van der Waals surface area contributed by atoms with Crippen molar-refractivity contribution >= 4 is 0 Å². The third-order valence-corrected chi connectivity index (χ3v) is 19.2. The molecule has 0 radical (unpaired) electrons. The number of hydrogen-bond acceptors (Lipinski definition) is 42. The van der Waals surface area contributed by atoms with E-state index in [1.165, 1.54) is 0 Å². The van der Waals surface area contributed by atoms with Gasteiger partial charge in [-0.15, -0.1) is 6.58 Å². The van der Waals surface area contributed by atoms with E-state index >= 15 is 0 Å². The SMILES string of the molecule is C=CCOCCOCCOCCOCCOCCOCCOCCOCCOCCOCCOCCOCCOCCOCCOCCOCCOCCOCCOCCOCCOCCCOCCCOCCCOCCCOCCCOCCCOCCCOCCCOCCCOCCCOCCCOCCCOCCCOCCCOCCCOCCCOCCCOCCCOCCCOCCCOO. The summed E-state index contributed by atoms with van der Waals surface area (Å²) in [4.78, 5) is 4.00. The molecule has 0 aliphatic rings. The highest BCUT2D eigenvalue weighted by molar-refractivity contribution is 4.63. The zero-order chi connectivity index (χ0) is 103. The molecule has 0 spiro atoms. The highest BCUT2D eigenvalue weighted by Crippen LogP contribution is 2.04. The predicted octanol–water partition coefficient (Wildman–Crippen LogP) is 9.13. The van der Waals surface area contributed by atoms with Gasteiger partial charge in [-0.3, -0.25) is 5.26 Å². The smallest absolute Gasteiger partial charge is 0.0841 e. The largest absolute Gasteiger partial charge is 0.381 e. The Bertz CT molecular complexity index is 1970. The van der Waals surface area contributed by atoms with Gasteiger partial charge in [-0.25, -0.2) is 4.89 Å². The van der Waals surface area contributed by atoms with Crippen molar-refractivity contribution in [2.24, 2.45) is 0 Å². The highest BCUT2D eigenvalue weighted by Gasteiger charge is 2.07. The van der Waals surface area contributed by atoms with Crippen LogP contribution in [0.1, 0.15) is 128 Å². The van der Waals surface area contributed by atoms with Gasteiger partial charge >= 0.3 is 0 Å². The number of ether oxygens (including phenoxy) is 40. The van der Waals surface area contributed by atoms with Crippen molar-refractivity contribution in [3.05, 3.63) is 12.7 Å². The third-order valence-electron chi connectivity index (χ3n) is 19.2. The molecule has 0 aromatic rings. The average molecular weight is 2120 g/mol. The minimum Gasteiger partial charge on any atom is -0.381 e. The van der Waals surface area contributed by atoms with E-state index in [9.17, 15) is 0 Å². The summed E-state index contributed by atoms with van der Waals surface area (Å²) in [5.41, 5.74) is 0. The molecule has 0 bridgehead atoms. The Balaban J connectivity index is 3.11. The van der Waals surface area contributed by atoms with Gasteiger partial charge in [0.05, 0.1) is 277 Å². The van der Waals surface area contributed by atoms with E-state index in [-0.39, 0.29) is 0 Å². The number of rotatable bonds is 142. The second kappa shape index (κ2) is 142. The summed E-state index contributed by atoms with van der Waals surface area (Å²) in [5.74, 6) is 0. The Kier molecular flexibility index (Phi) is 140. The summed E-state index contributed by atoms with van der Waals surface area (Å²) < 4.78 is 224. The van der Waals surface area contributed by atoms with Crippen molar-refractivity contribution in [1.82, 2.24) is 0 Å². The molecule has 0 heterocycles. The normalized spacial score (nSPS) is 11.8. The Morgan fingerprint density at radius 3 is 0.228 bits per heavy atom. The van der Waals surface area contributed by atoms with Gasteiger partial charge in [0, 0.05) is 258 Å². The van der Waals surface area contributed by atoms with E-state index in [0.29, 0.717) is 542 Å². The summed E-state index contributed by atoms with van der Waals surface area (Å²) >= 11 is 0. The second-order valence-corrected chi connectivity index (χ2v) is 32.2. The molecule has 145 heavy (non-hydrogen) atoms. The van der Waals surface area contributed by atoms with Gasteiger partial charge in [0.1, 0.15) is 0 Å². The highest BCUT2D eigenvalue weighted by atomic mass is 17.1. The molecule has 0 saturated carbocycles. The van der Waals surface area contributed by atoms with E-state index in [1.54, 1.807) is 6.08 Å². The Hall–Kier alpha value is -1.94. The molecule has 0 aromatic carbocycles. The van der Waals surface area contributed by atoms with Gasteiger partial charge in [-0.2, -0.15) is 0 Å². The molecule has 42 nitrogen and oxygen atoms in total. The first-order chi connectivity index (χ1) is 72.4. The van der Waals surface area contributed by atoms with Crippen LogP contribution < -0.4 is 0 Å². The maximum atomic E-state index is 8.26. The van der Waals surface area contributed by atoms with Crippen LogP contribution in [0.4, 0.5) is 0 Å². The Morgan fingerprint density at radius 1 is 0.0897 bits per heavy atom. The second-order valence-electron chi connectivity index (χ2n) is 32.2. The molecule has 0 fully saturated rings. The fourth-order valence-electron chi connectivity index (χ4n) is 11.7. The molecule has 1 N–H and O–H groups in total. The summed E-state index contributed by atoms with van der Waals surface area (Å²) in [6.07, 6.45) is 18.9. The summed E-state index contributed by atoms with van der Waals surface area (Å²) in [6, 6.07) is 0. The monoisotopic (exact) mass is 2120 g/mol. The number of hydrogen-bond donors (Lipinski definition) is 1. The molecule has 0 aliphatic carbocycles. The van der Waals surface area contributed by atoms with Gasteiger partial charge in [0.25, 0.3) is 0 Å². The lowest BCUT2D eigenvalue weighted by Crippen LogP contribution is -2.16. The minimum absolute atomic E-state index is 0.297. The van der Waals surface area contributed by atoms with E-state index < -0.39 is 0 Å². The summed E-state index contributed by atoms with van der Waals surface area (Å²) in [5, 5.41) is 8.26. The minimum atomic E-state index is 0.297. The quantitative estimate of drug-likeness (QED) is 0.0256. The molecule has 0 amide bonds. The van der Waals surface area contributed by atoms with Crippen LogP contribution in [0.25, 0.3) is 0 Å². The molecule has 870 valence electrons. The van der Waals surface area contributed by atoms with Gasteiger partial charge in [0.15, 0.2) is 0 Å². The fourth-order valence-corrected chi connectivity index (χ4v) is 11.7. The van der Waals surface area contributed by atoms with Gasteiger partial charge in [-0.05, 0) is 128 Å². The molecule has 0 atom stereocenters. The van der Waals surface area contributed by atoms with Crippen molar-refractivity contribution in [3.8, 4) is 0 Å². The van der Waals surface area contributed by atoms with Crippen LogP contribution in [0.15, 0.2) is 12.7 Å². The zero-order valence-corrected chi connectivity index (χ0v) is 89.9. The van der Waals surface area contributed by atoms with Crippen LogP contribution in [-0.2, 0) is 194 Å². The lowest BCUT2D eigenvalue weighted by atomic mass is 10.4. The lowest BCUT2D eigenvalue weighted by Gasteiger charge is -2.09. The maximum Gasteiger partial charge on any atom is 0.0841 e. The molecule has 0 saturated heterocycles. The standard InChI is InChI=1S/C103H206O42/c1-2-23-105-64-66-126-68-70-128-72-74-130-76-78-132-80-82-134-84-86-136-88-90-138-92-94-140-96-98-142-100-102-144-103-101-143-99-97-141-95-93-139-91-89-137-87-85-135-83-81-133-79-77-131-75-73-129-71-69-127-67-65-125-61-21-60-123-57-19-56-121-53-17-52-119-49-15-48-117-45-13-44-115-41-11-40-113-37-9-36-111-33-7-32-109-29-5-28-107-25-3-24-106-26-4-27-108-30-6-31-110-34-8-35-112-38-10-39-114-42-12-43-116-46-14-47-118-50-16-51-120-54-18-55-122-58-20-59-124-62-22-63-145-104/h2,104H,1,3-103H2. The summed E-state index contributed by atoms with van der Waals surface area (Å²) in [6.45, 7) is 50.7. The topological polar surface area (TPSA) is 399 Å². The average Bonchev–Trinajstić information content (AvgIpc) is 1.11. The first-order valence-electron chi connectivity index (χ1n) is 54.4. The van der Waals surface area contributed by atoms with Gasteiger partial charge in [-0.1, -0.05) is 6.08 Å². The van der Waals surface area contributed by atoms with Crippen LogP contribution in [0.2, 0.25) is 0 Å². The van der Waals surface area contributed by atoms with Crippen LogP contribution in [0.3, 0.4) is 0 Å². The van der Waals surface area contributed by atoms with Crippen molar-refractivity contribution < 1.29 is 200 Å². The lowest BCUT2D eigenvalue weighted by molar-refractivity contribution is -0.244. The van der Waals surface area contributed by atoms with E-state index in [4.69, 9.17) is 195 Å². The van der Waals surface area contributed by atoms with Gasteiger partial charge in [0.2, 0.25) is 0 Å². The molecular formula is C103H206O42. The van der Waals surface area contributed by atoms with Crippen LogP contribution >= 0.6 is 0 Å². The predicted molar refractivity (Wildman–Crippen MR) is 544 cm³/mol. The first kappa shape index (κ1) is 143. The van der Waals surface area contributed by atoms with Crippen molar-refractivity contribution in [2.75, 3.05) is 535 Å². The van der Waals surface area contributed by atoms with Crippen molar-refractivity contribution in [3.63, 3.8) is 0 Å². The van der Waals surface area contributed by atoms with Crippen molar-refractivity contribution in [2.45, 2.75) is 128 Å². The van der Waals surface area contributed by atoms with Crippen LogP contribution in [0, 0.1) is 0 Å². The molecule has 0 unspecified atom stereocenters.